The Labute approximate surface area is 117 Å². The molecule has 0 fully saturated rings. The lowest BCUT2D eigenvalue weighted by Gasteiger charge is -1.90. The molecule has 0 nitrogen and oxygen atoms in total. The van der Waals surface area contributed by atoms with Gasteiger partial charge in [-0.1, -0.05) is 6.07 Å². The summed E-state index contributed by atoms with van der Waals surface area (Å²) in [6.45, 7) is 0. The summed E-state index contributed by atoms with van der Waals surface area (Å²) >= 11 is 7.37. The highest BCUT2D eigenvalue weighted by atomic mass is 32.2. The number of rotatable bonds is 3. The second-order valence-corrected chi connectivity index (χ2v) is 7.69. The van der Waals surface area contributed by atoms with Crippen LogP contribution in [0.25, 0.3) is 19.5 Å². The first-order chi connectivity index (χ1) is 8.36. The van der Waals surface area contributed by atoms with E-state index in [-0.39, 0.29) is 0 Å². The Morgan fingerprint density at radius 1 is 0.824 bits per heavy atom. The Kier molecular flexibility index (Phi) is 3.38. The molecule has 0 saturated heterocycles. The van der Waals surface area contributed by atoms with Gasteiger partial charge in [0.2, 0.25) is 0 Å². The molecule has 0 aromatic carbocycles. The molecule has 0 aliphatic heterocycles. The summed E-state index contributed by atoms with van der Waals surface area (Å²) in [5.41, 5.74) is 0. The van der Waals surface area contributed by atoms with Crippen LogP contribution in [0.15, 0.2) is 46.0 Å². The van der Waals surface area contributed by atoms with E-state index in [4.69, 9.17) is 0 Å². The van der Waals surface area contributed by atoms with E-state index in [0.29, 0.717) is 0 Å². The fourth-order valence-electron chi connectivity index (χ4n) is 1.58. The van der Waals surface area contributed by atoms with Crippen LogP contribution in [0.1, 0.15) is 0 Å². The monoisotopic (exact) mass is 294 g/mol. The number of hydrogen-bond acceptors (Lipinski definition) is 4. The summed E-state index contributed by atoms with van der Waals surface area (Å²) in [6, 6.07) is 13.2. The fourth-order valence-corrected chi connectivity index (χ4v) is 5.06. The van der Waals surface area contributed by atoms with Crippen LogP contribution < -0.4 is 0 Å². The van der Waals surface area contributed by atoms with Crippen molar-refractivity contribution in [2.75, 3.05) is 6.26 Å². The van der Waals surface area contributed by atoms with Crippen LogP contribution in [0, 0.1) is 0 Å². The second-order valence-electron chi connectivity index (χ2n) is 3.46. The van der Waals surface area contributed by atoms with Crippen molar-refractivity contribution in [2.45, 2.75) is 4.21 Å². The third kappa shape index (κ3) is 2.36. The Balaban J connectivity index is 1.94. The van der Waals surface area contributed by atoms with Crippen LogP contribution in [-0.4, -0.2) is 6.26 Å². The Morgan fingerprint density at radius 2 is 1.53 bits per heavy atom. The minimum absolute atomic E-state index is 1.36. The van der Waals surface area contributed by atoms with Gasteiger partial charge in [0.1, 0.15) is 0 Å². The number of thioether (sulfide) groups is 1. The molecule has 3 aromatic heterocycles. The van der Waals surface area contributed by atoms with Gasteiger partial charge in [-0.2, -0.15) is 0 Å². The van der Waals surface area contributed by atoms with Gasteiger partial charge < -0.3 is 0 Å². The van der Waals surface area contributed by atoms with Crippen molar-refractivity contribution < 1.29 is 0 Å². The van der Waals surface area contributed by atoms with E-state index in [2.05, 4.69) is 48.0 Å². The van der Waals surface area contributed by atoms with Crippen LogP contribution >= 0.6 is 45.8 Å². The van der Waals surface area contributed by atoms with E-state index in [1.54, 1.807) is 11.3 Å². The first-order valence-corrected chi connectivity index (χ1v) is 8.88. The molecule has 3 heterocycles. The van der Waals surface area contributed by atoms with E-state index < -0.39 is 0 Å². The first kappa shape index (κ1) is 11.5. The Bertz CT molecular complexity index is 601. The normalized spacial score (nSPS) is 10.9. The molecule has 17 heavy (non-hydrogen) atoms. The van der Waals surface area contributed by atoms with Crippen molar-refractivity contribution in [2.24, 2.45) is 0 Å². The lowest BCUT2D eigenvalue weighted by molar-refractivity contribution is 1.74. The molecule has 86 valence electrons. The van der Waals surface area contributed by atoms with Gasteiger partial charge in [0.25, 0.3) is 0 Å². The molecule has 0 amide bonds. The fraction of sp³-hybridized carbons (Fsp3) is 0.0769. The highest BCUT2D eigenvalue weighted by Gasteiger charge is 2.07. The Hall–Kier alpha value is -0.550. The summed E-state index contributed by atoms with van der Waals surface area (Å²) < 4.78 is 1.38. The molecule has 0 radical (unpaired) electrons. The molecular formula is C13H10S4. The molecular weight excluding hydrogens is 284 g/mol. The predicted molar refractivity (Wildman–Crippen MR) is 82.7 cm³/mol. The average Bonchev–Trinajstić information content (AvgIpc) is 3.09. The van der Waals surface area contributed by atoms with Gasteiger partial charge in [-0.15, -0.1) is 45.8 Å². The summed E-state index contributed by atoms with van der Waals surface area (Å²) in [6.07, 6.45) is 2.13. The predicted octanol–water partition coefficient (Wildman–Crippen LogP) is 5.93. The highest BCUT2D eigenvalue weighted by Crippen LogP contribution is 2.40. The maximum absolute atomic E-state index is 2.23. The van der Waals surface area contributed by atoms with Crippen LogP contribution in [0.4, 0.5) is 0 Å². The zero-order chi connectivity index (χ0) is 11.7. The molecule has 0 unspecified atom stereocenters. The van der Waals surface area contributed by atoms with Gasteiger partial charge in [-0.3, -0.25) is 0 Å². The standard InChI is InChI=1S/C13H10S4/c1-14-13-7-6-12(17-13)11-5-4-10(16-11)9-3-2-8-15-9/h2-8H,1H3. The van der Waals surface area contributed by atoms with Gasteiger partial charge >= 0.3 is 0 Å². The lowest BCUT2D eigenvalue weighted by atomic mass is 10.3. The molecule has 3 rings (SSSR count). The van der Waals surface area contributed by atoms with Crippen molar-refractivity contribution in [3.8, 4) is 19.5 Å². The number of thiophene rings is 3. The molecule has 4 heteroatoms. The molecule has 3 aromatic rings. The van der Waals surface area contributed by atoms with Crippen molar-refractivity contribution >= 4 is 45.8 Å². The zero-order valence-corrected chi connectivity index (χ0v) is 12.4. The van der Waals surface area contributed by atoms with Gasteiger partial charge in [-0.05, 0) is 42.0 Å². The van der Waals surface area contributed by atoms with E-state index in [9.17, 15) is 0 Å². The van der Waals surface area contributed by atoms with Gasteiger partial charge in [0, 0.05) is 19.5 Å². The average molecular weight is 294 g/mol. The maximum atomic E-state index is 2.23. The summed E-state index contributed by atoms with van der Waals surface area (Å²) in [5, 5.41) is 2.13. The molecule has 0 aliphatic rings. The minimum atomic E-state index is 1.36. The van der Waals surface area contributed by atoms with E-state index in [1.165, 1.54) is 23.7 Å². The van der Waals surface area contributed by atoms with Gasteiger partial charge in [0.05, 0.1) is 4.21 Å². The van der Waals surface area contributed by atoms with Crippen molar-refractivity contribution in [3.63, 3.8) is 0 Å². The summed E-state index contributed by atoms with van der Waals surface area (Å²) in [7, 11) is 0. The lowest BCUT2D eigenvalue weighted by Crippen LogP contribution is -1.57. The largest absolute Gasteiger partial charge is 0.143 e. The summed E-state index contributed by atoms with van der Waals surface area (Å²) in [5.74, 6) is 0. The minimum Gasteiger partial charge on any atom is -0.143 e. The van der Waals surface area contributed by atoms with Crippen LogP contribution in [0.2, 0.25) is 0 Å². The molecule has 0 saturated carbocycles. The van der Waals surface area contributed by atoms with E-state index in [1.807, 2.05) is 34.4 Å². The van der Waals surface area contributed by atoms with Crippen LogP contribution in [0.3, 0.4) is 0 Å². The molecule has 0 bridgehead atoms. The SMILES string of the molecule is CSc1ccc(-c2ccc(-c3cccs3)s2)s1. The summed E-state index contributed by atoms with van der Waals surface area (Å²) in [4.78, 5) is 5.48. The first-order valence-electron chi connectivity index (χ1n) is 5.15. The van der Waals surface area contributed by atoms with Gasteiger partial charge in [0.15, 0.2) is 0 Å². The molecule has 0 N–H and O–H groups in total. The maximum Gasteiger partial charge on any atom is 0.0602 e. The molecule has 0 atom stereocenters. The van der Waals surface area contributed by atoms with Gasteiger partial charge in [-0.25, -0.2) is 0 Å². The van der Waals surface area contributed by atoms with E-state index in [0.717, 1.165) is 0 Å². The number of hydrogen-bond donors (Lipinski definition) is 0. The van der Waals surface area contributed by atoms with Crippen molar-refractivity contribution in [1.29, 1.82) is 0 Å². The van der Waals surface area contributed by atoms with Crippen LogP contribution in [0.5, 0.6) is 0 Å². The Morgan fingerprint density at radius 3 is 2.18 bits per heavy atom. The third-order valence-corrected chi connectivity index (χ3v) is 6.91. The second kappa shape index (κ2) is 4.98. The topological polar surface area (TPSA) is 0 Å². The van der Waals surface area contributed by atoms with Crippen molar-refractivity contribution in [3.05, 3.63) is 41.8 Å². The third-order valence-electron chi connectivity index (χ3n) is 2.40. The molecule has 0 spiro atoms. The highest BCUT2D eigenvalue weighted by molar-refractivity contribution is 8.00. The molecule has 0 aliphatic carbocycles. The van der Waals surface area contributed by atoms with Crippen molar-refractivity contribution in [1.82, 2.24) is 0 Å². The zero-order valence-electron chi connectivity index (χ0n) is 9.17. The quantitative estimate of drug-likeness (QED) is 0.540. The van der Waals surface area contributed by atoms with E-state index >= 15 is 0 Å². The smallest absolute Gasteiger partial charge is 0.0602 e. The van der Waals surface area contributed by atoms with Crippen LogP contribution in [-0.2, 0) is 0 Å².